The molecule has 0 saturated carbocycles. The van der Waals surface area contributed by atoms with Crippen LogP contribution in [0.5, 0.6) is 5.75 Å². The van der Waals surface area contributed by atoms with Crippen molar-refractivity contribution in [3.05, 3.63) is 64.7 Å². The van der Waals surface area contributed by atoms with Crippen LogP contribution in [-0.4, -0.2) is 44.1 Å². The first-order chi connectivity index (χ1) is 11.7. The molecular weight excluding hydrogens is 324 g/mol. The van der Waals surface area contributed by atoms with Crippen molar-refractivity contribution >= 4 is 17.5 Å². The lowest BCUT2D eigenvalue weighted by Gasteiger charge is -2.32. The van der Waals surface area contributed by atoms with E-state index in [0.717, 1.165) is 32.7 Å². The first-order valence-electron chi connectivity index (χ1n) is 8.17. The summed E-state index contributed by atoms with van der Waals surface area (Å²) in [6.07, 6.45) is 0. The topological polar surface area (TPSA) is 34.0 Å². The van der Waals surface area contributed by atoms with E-state index >= 15 is 0 Å². The number of ether oxygens (including phenoxy) is 1. The highest BCUT2D eigenvalue weighted by molar-refractivity contribution is 6.31. The third-order valence-electron chi connectivity index (χ3n) is 4.45. The molecular formula is C19H22ClN2O2+. The lowest BCUT2D eigenvalue weighted by atomic mass is 10.1. The molecule has 2 aromatic carbocycles. The van der Waals surface area contributed by atoms with Crippen LogP contribution in [-0.2, 0) is 6.54 Å². The van der Waals surface area contributed by atoms with Gasteiger partial charge in [0.15, 0.2) is 0 Å². The average molecular weight is 346 g/mol. The van der Waals surface area contributed by atoms with Gasteiger partial charge < -0.3 is 14.5 Å². The summed E-state index contributed by atoms with van der Waals surface area (Å²) in [7, 11) is 1.57. The van der Waals surface area contributed by atoms with Gasteiger partial charge in [-0.2, -0.15) is 0 Å². The summed E-state index contributed by atoms with van der Waals surface area (Å²) in [5.41, 5.74) is 1.88. The van der Waals surface area contributed by atoms with Gasteiger partial charge >= 0.3 is 0 Å². The number of piperazine rings is 1. The molecule has 4 nitrogen and oxygen atoms in total. The van der Waals surface area contributed by atoms with E-state index in [9.17, 15) is 4.79 Å². The molecule has 0 radical (unpaired) electrons. The molecule has 2 aromatic rings. The van der Waals surface area contributed by atoms with E-state index in [1.165, 1.54) is 10.5 Å². The van der Waals surface area contributed by atoms with Gasteiger partial charge in [-0.15, -0.1) is 0 Å². The quantitative estimate of drug-likeness (QED) is 0.918. The van der Waals surface area contributed by atoms with E-state index in [4.69, 9.17) is 16.3 Å². The van der Waals surface area contributed by atoms with Gasteiger partial charge in [-0.3, -0.25) is 4.79 Å². The molecule has 1 aliphatic rings. The van der Waals surface area contributed by atoms with E-state index in [-0.39, 0.29) is 5.91 Å². The second-order valence-electron chi connectivity index (χ2n) is 6.05. The molecule has 0 unspecified atom stereocenters. The highest BCUT2D eigenvalue weighted by Crippen LogP contribution is 2.24. The Labute approximate surface area is 147 Å². The summed E-state index contributed by atoms with van der Waals surface area (Å²) in [5.74, 6) is 0.566. The van der Waals surface area contributed by atoms with Crippen molar-refractivity contribution in [1.29, 1.82) is 0 Å². The second-order valence-corrected chi connectivity index (χ2v) is 6.49. The Kier molecular flexibility index (Phi) is 5.38. The minimum absolute atomic E-state index is 0.00638. The van der Waals surface area contributed by atoms with Crippen LogP contribution in [0.2, 0.25) is 5.02 Å². The van der Waals surface area contributed by atoms with Gasteiger partial charge in [0.05, 0.1) is 38.9 Å². The number of hydrogen-bond donors (Lipinski definition) is 1. The van der Waals surface area contributed by atoms with E-state index in [0.29, 0.717) is 16.3 Å². The molecule has 0 spiro atoms. The standard InChI is InChI=1S/C19H21ClN2O2/c1-24-18-8-7-16(20)13-17(18)19(23)22-11-9-21(10-12-22)14-15-5-3-2-4-6-15/h2-8,13H,9-12,14H2,1H3/p+1. The minimum Gasteiger partial charge on any atom is -0.496 e. The number of halogens is 1. The Morgan fingerprint density at radius 1 is 1.17 bits per heavy atom. The molecule has 5 heteroatoms. The first kappa shape index (κ1) is 16.8. The third kappa shape index (κ3) is 3.89. The van der Waals surface area contributed by atoms with Gasteiger partial charge in [0.25, 0.3) is 5.91 Å². The molecule has 1 aliphatic heterocycles. The van der Waals surface area contributed by atoms with Crippen molar-refractivity contribution in [3.63, 3.8) is 0 Å². The molecule has 1 saturated heterocycles. The molecule has 3 rings (SSSR count). The zero-order chi connectivity index (χ0) is 16.9. The molecule has 1 N–H and O–H groups in total. The molecule has 0 aromatic heterocycles. The molecule has 1 heterocycles. The Bertz CT molecular complexity index is 698. The number of benzene rings is 2. The number of quaternary nitrogens is 1. The van der Waals surface area contributed by atoms with Crippen LogP contribution < -0.4 is 9.64 Å². The van der Waals surface area contributed by atoms with E-state index in [1.807, 2.05) is 11.0 Å². The summed E-state index contributed by atoms with van der Waals surface area (Å²) >= 11 is 6.04. The maximum Gasteiger partial charge on any atom is 0.258 e. The maximum atomic E-state index is 12.8. The fraction of sp³-hybridized carbons (Fsp3) is 0.316. The van der Waals surface area contributed by atoms with Crippen LogP contribution in [0, 0.1) is 0 Å². The van der Waals surface area contributed by atoms with Crippen LogP contribution in [0.1, 0.15) is 15.9 Å². The van der Waals surface area contributed by atoms with Gasteiger partial charge in [-0.1, -0.05) is 41.9 Å². The molecule has 1 fully saturated rings. The van der Waals surface area contributed by atoms with Crippen LogP contribution in [0.4, 0.5) is 0 Å². The molecule has 0 atom stereocenters. The lowest BCUT2D eigenvalue weighted by Crippen LogP contribution is -3.13. The monoisotopic (exact) mass is 345 g/mol. The first-order valence-corrected chi connectivity index (χ1v) is 8.55. The van der Waals surface area contributed by atoms with Crippen molar-refractivity contribution in [2.24, 2.45) is 0 Å². The molecule has 1 amide bonds. The molecule has 126 valence electrons. The van der Waals surface area contributed by atoms with Crippen LogP contribution in [0.15, 0.2) is 48.5 Å². The smallest absolute Gasteiger partial charge is 0.258 e. The largest absolute Gasteiger partial charge is 0.496 e. The number of nitrogens with zero attached hydrogens (tertiary/aromatic N) is 1. The van der Waals surface area contributed by atoms with Gasteiger partial charge in [0.1, 0.15) is 12.3 Å². The van der Waals surface area contributed by atoms with Gasteiger partial charge in [-0.25, -0.2) is 0 Å². The van der Waals surface area contributed by atoms with Crippen molar-refractivity contribution < 1.29 is 14.4 Å². The predicted molar refractivity (Wildman–Crippen MR) is 94.8 cm³/mol. The van der Waals surface area contributed by atoms with Crippen molar-refractivity contribution in [2.45, 2.75) is 6.54 Å². The Balaban J connectivity index is 1.62. The molecule has 0 bridgehead atoms. The van der Waals surface area contributed by atoms with Crippen molar-refractivity contribution in [2.75, 3.05) is 33.3 Å². The van der Waals surface area contributed by atoms with E-state index in [2.05, 4.69) is 24.3 Å². The van der Waals surface area contributed by atoms with E-state index < -0.39 is 0 Å². The number of hydrogen-bond acceptors (Lipinski definition) is 2. The van der Waals surface area contributed by atoms with Crippen molar-refractivity contribution in [1.82, 2.24) is 4.90 Å². The lowest BCUT2D eigenvalue weighted by molar-refractivity contribution is -0.917. The summed E-state index contributed by atoms with van der Waals surface area (Å²) in [6.45, 7) is 4.39. The minimum atomic E-state index is -0.00638. The number of methoxy groups -OCH3 is 1. The fourth-order valence-electron chi connectivity index (χ4n) is 3.11. The van der Waals surface area contributed by atoms with Crippen LogP contribution in [0.3, 0.4) is 0 Å². The molecule has 0 aliphatic carbocycles. The number of amides is 1. The second kappa shape index (κ2) is 7.69. The number of nitrogens with one attached hydrogen (secondary N) is 1. The zero-order valence-electron chi connectivity index (χ0n) is 13.8. The Hall–Kier alpha value is -2.04. The van der Waals surface area contributed by atoms with Gasteiger partial charge in [0.2, 0.25) is 0 Å². The van der Waals surface area contributed by atoms with Crippen LogP contribution >= 0.6 is 11.6 Å². The Morgan fingerprint density at radius 3 is 2.54 bits per heavy atom. The van der Waals surface area contributed by atoms with E-state index in [1.54, 1.807) is 25.3 Å². The zero-order valence-corrected chi connectivity index (χ0v) is 14.6. The Morgan fingerprint density at radius 2 is 1.88 bits per heavy atom. The van der Waals surface area contributed by atoms with Crippen LogP contribution in [0.25, 0.3) is 0 Å². The summed E-state index contributed by atoms with van der Waals surface area (Å²) in [6, 6.07) is 15.6. The van der Waals surface area contributed by atoms with Crippen molar-refractivity contribution in [3.8, 4) is 5.75 Å². The van der Waals surface area contributed by atoms with Gasteiger partial charge in [-0.05, 0) is 18.2 Å². The number of carbonyl (C=O) groups is 1. The van der Waals surface area contributed by atoms with Gasteiger partial charge in [0, 0.05) is 10.6 Å². The average Bonchev–Trinajstić information content (AvgIpc) is 2.62. The fourth-order valence-corrected chi connectivity index (χ4v) is 3.28. The predicted octanol–water partition coefficient (Wildman–Crippen LogP) is 1.89. The normalized spacial score (nSPS) is 15.3. The summed E-state index contributed by atoms with van der Waals surface area (Å²) in [5, 5.41) is 0.549. The summed E-state index contributed by atoms with van der Waals surface area (Å²) < 4.78 is 5.30. The third-order valence-corrected chi connectivity index (χ3v) is 4.68. The summed E-state index contributed by atoms with van der Waals surface area (Å²) in [4.78, 5) is 16.2. The molecule has 24 heavy (non-hydrogen) atoms. The maximum absolute atomic E-state index is 12.8. The highest BCUT2D eigenvalue weighted by Gasteiger charge is 2.26. The number of rotatable bonds is 4. The SMILES string of the molecule is COc1ccc(Cl)cc1C(=O)N1CC[NH+](Cc2ccccc2)CC1. The number of carbonyl (C=O) groups excluding carboxylic acids is 1. The highest BCUT2D eigenvalue weighted by atomic mass is 35.5.